The van der Waals surface area contributed by atoms with Gasteiger partial charge in [-0.1, -0.05) is 30.3 Å². The maximum absolute atomic E-state index is 12.9. The maximum Gasteiger partial charge on any atom is 0.228 e. The van der Waals surface area contributed by atoms with Gasteiger partial charge in [-0.15, -0.1) is 0 Å². The second-order valence-corrected chi connectivity index (χ2v) is 6.58. The minimum absolute atomic E-state index is 0.0494. The van der Waals surface area contributed by atoms with Crippen LogP contribution in [0.5, 0.6) is 11.5 Å². The van der Waals surface area contributed by atoms with Gasteiger partial charge in [-0.2, -0.15) is 0 Å². The van der Waals surface area contributed by atoms with E-state index in [9.17, 15) is 9.59 Å². The molecular weight excluding hydrogens is 344 g/mol. The number of anilines is 1. The predicted octanol–water partition coefficient (Wildman–Crippen LogP) is 2.72. The van der Waals surface area contributed by atoms with Gasteiger partial charge in [0.25, 0.3) is 0 Å². The minimum Gasteiger partial charge on any atom is -0.496 e. The van der Waals surface area contributed by atoms with Crippen molar-refractivity contribution in [1.82, 2.24) is 4.90 Å². The predicted molar refractivity (Wildman–Crippen MR) is 103 cm³/mol. The van der Waals surface area contributed by atoms with Crippen LogP contribution in [0.1, 0.15) is 12.0 Å². The average Bonchev–Trinajstić information content (AvgIpc) is 3.09. The first-order chi connectivity index (χ1) is 13.0. The Morgan fingerprint density at radius 1 is 1.07 bits per heavy atom. The summed E-state index contributed by atoms with van der Waals surface area (Å²) in [5, 5.41) is 0. The average molecular weight is 368 g/mol. The Kier molecular flexibility index (Phi) is 5.64. The van der Waals surface area contributed by atoms with Gasteiger partial charge in [0.2, 0.25) is 11.8 Å². The highest BCUT2D eigenvalue weighted by Gasteiger charge is 2.37. The number of methoxy groups -OCH3 is 2. The van der Waals surface area contributed by atoms with E-state index < -0.39 is 0 Å². The van der Waals surface area contributed by atoms with E-state index in [2.05, 4.69) is 0 Å². The highest BCUT2D eigenvalue weighted by Crippen LogP contribution is 2.33. The van der Waals surface area contributed by atoms with Crippen LogP contribution in [0.25, 0.3) is 0 Å². The smallest absolute Gasteiger partial charge is 0.228 e. The Bertz CT molecular complexity index is 836. The lowest BCUT2D eigenvalue weighted by molar-refractivity contribution is -0.135. The van der Waals surface area contributed by atoms with Crippen molar-refractivity contribution in [3.63, 3.8) is 0 Å². The van der Waals surface area contributed by atoms with E-state index >= 15 is 0 Å². The van der Waals surface area contributed by atoms with Gasteiger partial charge in [-0.25, -0.2) is 0 Å². The summed E-state index contributed by atoms with van der Waals surface area (Å²) in [5.41, 5.74) is 1.63. The van der Waals surface area contributed by atoms with Crippen molar-refractivity contribution >= 4 is 17.5 Å². The van der Waals surface area contributed by atoms with Crippen LogP contribution in [-0.2, 0) is 16.1 Å². The van der Waals surface area contributed by atoms with Crippen molar-refractivity contribution in [2.45, 2.75) is 13.0 Å². The second kappa shape index (κ2) is 8.12. The lowest BCUT2D eigenvalue weighted by Gasteiger charge is -2.23. The van der Waals surface area contributed by atoms with E-state index in [1.165, 1.54) is 0 Å². The van der Waals surface area contributed by atoms with Crippen LogP contribution in [0.15, 0.2) is 48.5 Å². The molecule has 3 rings (SSSR count). The van der Waals surface area contributed by atoms with Crippen LogP contribution in [0, 0.1) is 5.92 Å². The molecule has 1 atom stereocenters. The van der Waals surface area contributed by atoms with Crippen molar-refractivity contribution in [1.29, 1.82) is 0 Å². The quantitative estimate of drug-likeness (QED) is 0.787. The molecule has 1 fully saturated rings. The minimum atomic E-state index is -0.373. The molecule has 142 valence electrons. The Balaban J connectivity index is 1.72. The summed E-state index contributed by atoms with van der Waals surface area (Å²) in [6.45, 7) is 0.788. The Morgan fingerprint density at radius 3 is 2.41 bits per heavy atom. The monoisotopic (exact) mass is 368 g/mol. The number of carbonyl (C=O) groups excluding carboxylic acids is 2. The van der Waals surface area contributed by atoms with Gasteiger partial charge in [0.05, 0.1) is 25.8 Å². The van der Waals surface area contributed by atoms with Crippen molar-refractivity contribution < 1.29 is 19.1 Å². The molecule has 2 aromatic rings. The third-order valence-electron chi connectivity index (χ3n) is 4.83. The number of carbonyl (C=O) groups is 2. The van der Waals surface area contributed by atoms with E-state index in [1.807, 2.05) is 48.5 Å². The first-order valence-corrected chi connectivity index (χ1v) is 8.85. The molecule has 1 heterocycles. The highest BCUT2D eigenvalue weighted by atomic mass is 16.5. The molecule has 6 heteroatoms. The molecule has 0 N–H and O–H groups in total. The normalized spacial score (nSPS) is 16.3. The number of hydrogen-bond acceptors (Lipinski definition) is 4. The summed E-state index contributed by atoms with van der Waals surface area (Å²) < 4.78 is 10.7. The van der Waals surface area contributed by atoms with Crippen LogP contribution in [0.3, 0.4) is 0 Å². The zero-order valence-electron chi connectivity index (χ0n) is 15.8. The number of amides is 2. The van der Waals surface area contributed by atoms with Crippen LogP contribution >= 0.6 is 0 Å². The summed E-state index contributed by atoms with van der Waals surface area (Å²) in [5.74, 6) is 0.883. The number of benzene rings is 2. The number of hydrogen-bond donors (Lipinski definition) is 0. The largest absolute Gasteiger partial charge is 0.496 e. The summed E-state index contributed by atoms with van der Waals surface area (Å²) in [4.78, 5) is 28.7. The van der Waals surface area contributed by atoms with E-state index in [-0.39, 0.29) is 24.2 Å². The van der Waals surface area contributed by atoms with Crippen molar-refractivity contribution in [3.05, 3.63) is 54.1 Å². The van der Waals surface area contributed by atoms with Crippen LogP contribution in [-0.4, -0.2) is 44.5 Å². The molecule has 0 saturated carbocycles. The molecule has 0 aliphatic carbocycles. The van der Waals surface area contributed by atoms with Crippen molar-refractivity contribution in [2.24, 2.45) is 5.92 Å². The fourth-order valence-electron chi connectivity index (χ4n) is 3.44. The lowest BCUT2D eigenvalue weighted by Crippen LogP contribution is -2.34. The molecule has 1 aliphatic rings. The number of para-hydroxylation sites is 3. The molecule has 2 aromatic carbocycles. The van der Waals surface area contributed by atoms with Gasteiger partial charge in [-0.3, -0.25) is 9.59 Å². The third kappa shape index (κ3) is 3.89. The van der Waals surface area contributed by atoms with E-state index in [1.54, 1.807) is 31.1 Å². The Morgan fingerprint density at radius 2 is 1.70 bits per heavy atom. The Hall–Kier alpha value is -3.02. The van der Waals surface area contributed by atoms with Crippen LogP contribution in [0.2, 0.25) is 0 Å². The highest BCUT2D eigenvalue weighted by molar-refractivity contribution is 6.01. The van der Waals surface area contributed by atoms with Gasteiger partial charge in [0, 0.05) is 32.1 Å². The number of nitrogens with zero attached hydrogens (tertiary/aromatic N) is 2. The molecule has 2 amide bonds. The number of ether oxygens (including phenoxy) is 2. The molecule has 0 radical (unpaired) electrons. The molecule has 0 unspecified atom stereocenters. The summed E-state index contributed by atoms with van der Waals surface area (Å²) in [7, 11) is 4.94. The van der Waals surface area contributed by atoms with Gasteiger partial charge in [-0.05, 0) is 18.2 Å². The van der Waals surface area contributed by atoms with E-state index in [4.69, 9.17) is 9.47 Å². The molecule has 27 heavy (non-hydrogen) atoms. The zero-order valence-corrected chi connectivity index (χ0v) is 15.8. The lowest BCUT2D eigenvalue weighted by atomic mass is 10.1. The summed E-state index contributed by atoms with van der Waals surface area (Å²) >= 11 is 0. The second-order valence-electron chi connectivity index (χ2n) is 6.58. The first-order valence-electron chi connectivity index (χ1n) is 8.85. The fraction of sp³-hybridized carbons (Fsp3) is 0.333. The topological polar surface area (TPSA) is 59.1 Å². The van der Waals surface area contributed by atoms with Crippen LogP contribution in [0.4, 0.5) is 5.69 Å². The zero-order chi connectivity index (χ0) is 19.4. The molecule has 0 spiro atoms. The van der Waals surface area contributed by atoms with Gasteiger partial charge in [0.1, 0.15) is 11.5 Å². The first kappa shape index (κ1) is 18.8. The van der Waals surface area contributed by atoms with E-state index in [0.29, 0.717) is 24.5 Å². The molecule has 1 aliphatic heterocycles. The fourth-order valence-corrected chi connectivity index (χ4v) is 3.44. The van der Waals surface area contributed by atoms with Crippen LogP contribution < -0.4 is 14.4 Å². The summed E-state index contributed by atoms with van der Waals surface area (Å²) in [6.07, 6.45) is 0.202. The van der Waals surface area contributed by atoms with Crippen molar-refractivity contribution in [2.75, 3.05) is 32.7 Å². The third-order valence-corrected chi connectivity index (χ3v) is 4.83. The van der Waals surface area contributed by atoms with E-state index in [0.717, 1.165) is 11.3 Å². The summed E-state index contributed by atoms with van der Waals surface area (Å²) in [6, 6.07) is 15.0. The molecule has 0 aromatic heterocycles. The van der Waals surface area contributed by atoms with Gasteiger partial charge >= 0.3 is 0 Å². The Labute approximate surface area is 159 Å². The SMILES string of the molecule is COc1ccccc1CN(C)C(=O)[C@@H]1CC(=O)N(c2ccccc2OC)C1. The molecule has 0 bridgehead atoms. The van der Waals surface area contributed by atoms with Gasteiger partial charge < -0.3 is 19.3 Å². The molecular formula is C21H24N2O4. The maximum atomic E-state index is 12.9. The van der Waals surface area contributed by atoms with Gasteiger partial charge in [0.15, 0.2) is 0 Å². The standard InChI is InChI=1S/C21H24N2O4/c1-22(13-15-8-4-6-10-18(15)26-2)21(25)16-12-20(24)23(14-16)17-9-5-7-11-19(17)27-3/h4-11,16H,12-14H2,1-3H3/t16-/m1/s1. The molecule has 6 nitrogen and oxygen atoms in total. The van der Waals surface area contributed by atoms with Crippen molar-refractivity contribution in [3.8, 4) is 11.5 Å². The molecule has 1 saturated heterocycles. The number of rotatable bonds is 6.